The zero-order valence-corrected chi connectivity index (χ0v) is 10.4. The van der Waals surface area contributed by atoms with Gasteiger partial charge in [0.15, 0.2) is 0 Å². The number of nitro benzene ring substituents is 1. The Morgan fingerprint density at radius 2 is 2.06 bits per heavy atom. The van der Waals surface area contributed by atoms with Gasteiger partial charge in [0.25, 0.3) is 5.69 Å². The summed E-state index contributed by atoms with van der Waals surface area (Å²) < 4.78 is 4.53. The number of hydrogen-bond acceptors (Lipinski definition) is 5. The smallest absolute Gasteiger partial charge is 0.306 e. The molecule has 0 fully saturated rings. The number of nitro groups is 1. The van der Waals surface area contributed by atoms with E-state index in [1.54, 1.807) is 12.1 Å². The van der Waals surface area contributed by atoms with Crippen molar-refractivity contribution in [1.29, 1.82) is 0 Å². The molecule has 0 aliphatic carbocycles. The van der Waals surface area contributed by atoms with Crippen molar-refractivity contribution >= 4 is 11.7 Å². The van der Waals surface area contributed by atoms with Crippen LogP contribution in [0.15, 0.2) is 24.3 Å². The molecule has 1 aromatic carbocycles. The van der Waals surface area contributed by atoms with E-state index in [2.05, 4.69) is 10.1 Å². The van der Waals surface area contributed by atoms with Crippen LogP contribution < -0.4 is 5.32 Å². The number of carbonyl (C=O) groups excluding carboxylic acids is 1. The van der Waals surface area contributed by atoms with Crippen LogP contribution in [0.3, 0.4) is 0 Å². The molecule has 1 atom stereocenters. The van der Waals surface area contributed by atoms with Crippen molar-refractivity contribution < 1.29 is 14.5 Å². The Morgan fingerprint density at radius 3 is 2.56 bits per heavy atom. The zero-order valence-electron chi connectivity index (χ0n) is 10.4. The van der Waals surface area contributed by atoms with Crippen LogP contribution in [0, 0.1) is 10.1 Å². The summed E-state index contributed by atoms with van der Waals surface area (Å²) in [6, 6.07) is 6.36. The average molecular weight is 252 g/mol. The number of non-ortho nitro benzene ring substituents is 1. The number of methoxy groups -OCH3 is 1. The Kier molecular flexibility index (Phi) is 5.26. The lowest BCUT2D eigenvalue weighted by Crippen LogP contribution is -2.22. The van der Waals surface area contributed by atoms with E-state index in [1.807, 2.05) is 6.92 Å². The third-order valence-electron chi connectivity index (χ3n) is 2.61. The first-order valence-corrected chi connectivity index (χ1v) is 5.59. The molecule has 6 nitrogen and oxygen atoms in total. The monoisotopic (exact) mass is 252 g/mol. The molecule has 0 amide bonds. The highest BCUT2D eigenvalue weighted by molar-refractivity contribution is 5.69. The van der Waals surface area contributed by atoms with Gasteiger partial charge in [0, 0.05) is 24.7 Å². The lowest BCUT2D eigenvalue weighted by Gasteiger charge is -2.13. The third-order valence-corrected chi connectivity index (χ3v) is 2.61. The largest absolute Gasteiger partial charge is 0.469 e. The standard InChI is InChI=1S/C12H16N2O4/c1-9(13-8-7-12(15)18-2)10-3-5-11(6-4-10)14(16)17/h3-6,9,13H,7-8H2,1-2H3. The predicted molar refractivity (Wildman–Crippen MR) is 66.1 cm³/mol. The second-order valence-electron chi connectivity index (χ2n) is 3.85. The number of hydrogen-bond donors (Lipinski definition) is 1. The molecule has 6 heteroatoms. The van der Waals surface area contributed by atoms with E-state index in [9.17, 15) is 14.9 Å². The zero-order chi connectivity index (χ0) is 13.5. The number of benzene rings is 1. The first-order valence-electron chi connectivity index (χ1n) is 5.59. The molecule has 0 aliphatic rings. The topological polar surface area (TPSA) is 81.5 Å². The number of esters is 1. The summed E-state index contributed by atoms with van der Waals surface area (Å²) in [7, 11) is 1.35. The molecular weight excluding hydrogens is 236 g/mol. The van der Waals surface area contributed by atoms with Crippen LogP contribution >= 0.6 is 0 Å². The lowest BCUT2D eigenvalue weighted by atomic mass is 10.1. The van der Waals surface area contributed by atoms with Gasteiger partial charge in [-0.25, -0.2) is 0 Å². The van der Waals surface area contributed by atoms with E-state index in [4.69, 9.17) is 0 Å². The number of ether oxygens (including phenoxy) is 1. The van der Waals surface area contributed by atoms with Gasteiger partial charge in [-0.15, -0.1) is 0 Å². The summed E-state index contributed by atoms with van der Waals surface area (Å²) in [4.78, 5) is 21.0. The molecule has 1 rings (SSSR count). The molecule has 0 aromatic heterocycles. The van der Waals surface area contributed by atoms with Crippen LogP contribution in [-0.2, 0) is 9.53 Å². The molecule has 1 unspecified atom stereocenters. The Bertz CT molecular complexity index is 417. The maximum Gasteiger partial charge on any atom is 0.306 e. The molecular formula is C12H16N2O4. The van der Waals surface area contributed by atoms with E-state index < -0.39 is 4.92 Å². The minimum atomic E-state index is -0.431. The van der Waals surface area contributed by atoms with Gasteiger partial charge in [0.05, 0.1) is 18.5 Å². The molecule has 1 N–H and O–H groups in total. The van der Waals surface area contributed by atoms with Gasteiger partial charge in [0.1, 0.15) is 0 Å². The lowest BCUT2D eigenvalue weighted by molar-refractivity contribution is -0.384. The van der Waals surface area contributed by atoms with Crippen molar-refractivity contribution in [1.82, 2.24) is 5.32 Å². The van der Waals surface area contributed by atoms with Crippen LogP contribution in [0.5, 0.6) is 0 Å². The van der Waals surface area contributed by atoms with Gasteiger partial charge in [-0.05, 0) is 12.5 Å². The van der Waals surface area contributed by atoms with Crippen molar-refractivity contribution in [3.8, 4) is 0 Å². The first-order chi connectivity index (χ1) is 8.54. The van der Waals surface area contributed by atoms with Gasteiger partial charge in [0.2, 0.25) is 0 Å². The van der Waals surface area contributed by atoms with Crippen LogP contribution in [0.1, 0.15) is 24.9 Å². The maximum atomic E-state index is 10.9. The Balaban J connectivity index is 2.48. The van der Waals surface area contributed by atoms with Gasteiger partial charge in [-0.2, -0.15) is 0 Å². The maximum absolute atomic E-state index is 10.9. The van der Waals surface area contributed by atoms with Crippen molar-refractivity contribution in [2.24, 2.45) is 0 Å². The number of nitrogens with one attached hydrogen (secondary N) is 1. The van der Waals surface area contributed by atoms with Crippen LogP contribution in [0.2, 0.25) is 0 Å². The second-order valence-corrected chi connectivity index (χ2v) is 3.85. The highest BCUT2D eigenvalue weighted by atomic mass is 16.6. The minimum absolute atomic E-state index is 0.0236. The van der Waals surface area contributed by atoms with Gasteiger partial charge < -0.3 is 10.1 Å². The van der Waals surface area contributed by atoms with Crippen LogP contribution in [0.25, 0.3) is 0 Å². The van der Waals surface area contributed by atoms with Crippen molar-refractivity contribution in [3.05, 3.63) is 39.9 Å². The van der Waals surface area contributed by atoms with Gasteiger partial charge >= 0.3 is 5.97 Å². The summed E-state index contributed by atoms with van der Waals surface area (Å²) >= 11 is 0. The van der Waals surface area contributed by atoms with Gasteiger partial charge in [-0.1, -0.05) is 12.1 Å². The van der Waals surface area contributed by atoms with E-state index in [0.29, 0.717) is 13.0 Å². The number of rotatable bonds is 6. The third kappa shape index (κ3) is 4.14. The van der Waals surface area contributed by atoms with Crippen molar-refractivity contribution in [2.45, 2.75) is 19.4 Å². The summed E-state index contributed by atoms with van der Waals surface area (Å²) in [5.74, 6) is -0.265. The second kappa shape index (κ2) is 6.70. The fourth-order valence-electron chi connectivity index (χ4n) is 1.50. The van der Waals surface area contributed by atoms with E-state index in [-0.39, 0.29) is 17.7 Å². The molecule has 0 saturated carbocycles. The summed E-state index contributed by atoms with van der Waals surface area (Å²) in [6.45, 7) is 2.43. The predicted octanol–water partition coefficient (Wildman–Crippen LogP) is 1.81. The highest BCUT2D eigenvalue weighted by Crippen LogP contribution is 2.17. The van der Waals surface area contributed by atoms with Gasteiger partial charge in [-0.3, -0.25) is 14.9 Å². The first kappa shape index (κ1) is 14.1. The summed E-state index contributed by atoms with van der Waals surface area (Å²) in [5.41, 5.74) is 1.01. The fourth-order valence-corrected chi connectivity index (χ4v) is 1.50. The van der Waals surface area contributed by atoms with Crippen LogP contribution in [0.4, 0.5) is 5.69 Å². The molecule has 0 heterocycles. The quantitative estimate of drug-likeness (QED) is 0.474. The molecule has 98 valence electrons. The van der Waals surface area contributed by atoms with Crippen LogP contribution in [-0.4, -0.2) is 24.5 Å². The SMILES string of the molecule is COC(=O)CCNC(C)c1ccc([N+](=O)[O-])cc1. The van der Waals surface area contributed by atoms with E-state index in [0.717, 1.165) is 5.56 Å². The molecule has 1 aromatic rings. The molecule has 0 bridgehead atoms. The van der Waals surface area contributed by atoms with Crippen molar-refractivity contribution in [3.63, 3.8) is 0 Å². The molecule has 0 spiro atoms. The normalized spacial score (nSPS) is 11.9. The summed E-state index contributed by atoms with van der Waals surface area (Å²) in [5, 5.41) is 13.6. The van der Waals surface area contributed by atoms with E-state index >= 15 is 0 Å². The number of carbonyl (C=O) groups is 1. The fraction of sp³-hybridized carbons (Fsp3) is 0.417. The average Bonchev–Trinajstić information content (AvgIpc) is 2.38. The Morgan fingerprint density at radius 1 is 1.44 bits per heavy atom. The number of nitrogens with zero attached hydrogens (tertiary/aromatic N) is 1. The molecule has 0 saturated heterocycles. The molecule has 0 radical (unpaired) electrons. The Labute approximate surface area is 105 Å². The molecule has 0 aliphatic heterocycles. The minimum Gasteiger partial charge on any atom is -0.469 e. The highest BCUT2D eigenvalue weighted by Gasteiger charge is 2.09. The van der Waals surface area contributed by atoms with Crippen molar-refractivity contribution in [2.75, 3.05) is 13.7 Å². The summed E-state index contributed by atoms with van der Waals surface area (Å²) in [6.07, 6.45) is 0.299. The molecule has 18 heavy (non-hydrogen) atoms. The van der Waals surface area contributed by atoms with E-state index in [1.165, 1.54) is 19.2 Å². The Hall–Kier alpha value is -1.95.